The number of piperidine rings is 1. The molecule has 6 rings (SSSR count). The van der Waals surface area contributed by atoms with Crippen molar-refractivity contribution in [1.29, 1.82) is 0 Å². The minimum atomic E-state index is -1.52. The van der Waals surface area contributed by atoms with Crippen molar-refractivity contribution < 1.29 is 14.3 Å². The molecule has 200 valence electrons. The fourth-order valence-corrected chi connectivity index (χ4v) is 7.05. The number of nitrogen functional groups attached to an aromatic ring is 1. The van der Waals surface area contributed by atoms with Crippen molar-refractivity contribution >= 4 is 38.8 Å². The Morgan fingerprint density at radius 3 is 2.54 bits per heavy atom. The molecular weight excluding hydrogens is 510 g/mol. The lowest BCUT2D eigenvalue weighted by Crippen LogP contribution is -2.53. The minimum Gasteiger partial charge on any atom is -0.457 e. The van der Waals surface area contributed by atoms with E-state index in [1.807, 2.05) is 43.3 Å². The number of carbonyl (C=O) groups excluding carboxylic acids is 2. The number of anilines is 1. The van der Waals surface area contributed by atoms with Gasteiger partial charge in [0.05, 0.1) is 15.6 Å². The number of benzene rings is 3. The fourth-order valence-electron chi connectivity index (χ4n) is 5.86. The van der Waals surface area contributed by atoms with Crippen LogP contribution in [-0.2, 0) is 10.3 Å². The maximum absolute atomic E-state index is 14.1. The number of hydrogen-bond acceptors (Lipinski definition) is 8. The Kier molecular flexibility index (Phi) is 6.39. The number of amides is 1. The van der Waals surface area contributed by atoms with Gasteiger partial charge in [0.15, 0.2) is 5.78 Å². The second-order valence-corrected chi connectivity index (χ2v) is 11.3. The predicted octanol–water partition coefficient (Wildman–Crippen LogP) is 3.85. The number of Topliss-reactive ketones (excluding diaryl/α,β-unsaturated/α-hetero) is 1. The highest BCUT2D eigenvalue weighted by atomic mass is 32.1. The van der Waals surface area contributed by atoms with Crippen molar-refractivity contribution in [2.24, 2.45) is 11.5 Å². The fraction of sp³-hybridized carbons (Fsp3) is 0.267. The number of ether oxygens (including phenoxy) is 1. The molecule has 8 nitrogen and oxygen atoms in total. The van der Waals surface area contributed by atoms with E-state index in [1.54, 1.807) is 24.3 Å². The highest BCUT2D eigenvalue weighted by molar-refractivity contribution is 7.21. The first-order valence-corrected chi connectivity index (χ1v) is 13.9. The van der Waals surface area contributed by atoms with Crippen molar-refractivity contribution in [2.45, 2.75) is 37.4 Å². The second kappa shape index (κ2) is 9.77. The summed E-state index contributed by atoms with van der Waals surface area (Å²) in [5, 5.41) is 7.14. The molecule has 8 N–H and O–H groups in total. The van der Waals surface area contributed by atoms with Gasteiger partial charge in [0.2, 0.25) is 0 Å². The molecule has 1 amide bonds. The third-order valence-corrected chi connectivity index (χ3v) is 8.98. The van der Waals surface area contributed by atoms with Crippen LogP contribution in [0.4, 0.5) is 5.69 Å². The van der Waals surface area contributed by atoms with Gasteiger partial charge in [-0.25, -0.2) is 0 Å². The van der Waals surface area contributed by atoms with Crippen LogP contribution in [0.2, 0.25) is 0 Å². The number of aryl methyl sites for hydroxylation is 1. The molecule has 3 atom stereocenters. The highest BCUT2D eigenvalue weighted by Gasteiger charge is 2.49. The molecule has 0 radical (unpaired) electrons. The van der Waals surface area contributed by atoms with Gasteiger partial charge in [0.1, 0.15) is 17.0 Å². The third kappa shape index (κ3) is 4.18. The Hall–Kier alpha value is -3.76. The van der Waals surface area contributed by atoms with Gasteiger partial charge in [-0.15, -0.1) is 11.3 Å². The van der Waals surface area contributed by atoms with E-state index in [4.69, 9.17) is 21.9 Å². The zero-order chi connectivity index (χ0) is 27.3. The lowest BCUT2D eigenvalue weighted by atomic mass is 9.69. The molecule has 3 aromatic carbocycles. The summed E-state index contributed by atoms with van der Waals surface area (Å²) in [5.41, 5.74) is 21.7. The molecule has 1 saturated heterocycles. The Labute approximate surface area is 230 Å². The number of hydrogen-bond donors (Lipinski definition) is 5. The monoisotopic (exact) mass is 541 g/mol. The lowest BCUT2D eigenvalue weighted by Gasteiger charge is -2.38. The van der Waals surface area contributed by atoms with Gasteiger partial charge in [0.25, 0.3) is 5.91 Å². The Morgan fingerprint density at radius 1 is 1.13 bits per heavy atom. The first-order valence-electron chi connectivity index (χ1n) is 13.1. The van der Waals surface area contributed by atoms with Crippen LogP contribution in [-0.4, -0.2) is 30.8 Å². The third-order valence-electron chi connectivity index (χ3n) is 7.73. The Morgan fingerprint density at radius 2 is 1.85 bits per heavy atom. The summed E-state index contributed by atoms with van der Waals surface area (Å²) in [6, 6.07) is 17.4. The predicted molar refractivity (Wildman–Crippen MR) is 154 cm³/mol. The second-order valence-electron chi connectivity index (χ2n) is 10.3. The summed E-state index contributed by atoms with van der Waals surface area (Å²) in [6.07, 6.45) is 1.88. The Balaban J connectivity index is 1.45. The van der Waals surface area contributed by atoms with Gasteiger partial charge in [-0.2, -0.15) is 0 Å². The van der Waals surface area contributed by atoms with Crippen molar-refractivity contribution in [3.63, 3.8) is 0 Å². The van der Waals surface area contributed by atoms with E-state index in [-0.39, 0.29) is 17.7 Å². The topological polar surface area (TPSA) is 145 Å². The molecule has 1 aromatic heterocycles. The molecule has 1 aliphatic carbocycles. The molecule has 0 spiro atoms. The van der Waals surface area contributed by atoms with E-state index >= 15 is 0 Å². The van der Waals surface area contributed by atoms with Gasteiger partial charge in [-0.3, -0.25) is 9.59 Å². The van der Waals surface area contributed by atoms with E-state index in [9.17, 15) is 9.59 Å². The van der Waals surface area contributed by atoms with Crippen molar-refractivity contribution in [2.75, 3.05) is 18.8 Å². The molecule has 1 fully saturated rings. The summed E-state index contributed by atoms with van der Waals surface area (Å²) in [4.78, 5) is 28.0. The first kappa shape index (κ1) is 25.5. The normalized spacial score (nSPS) is 22.6. The van der Waals surface area contributed by atoms with Crippen molar-refractivity contribution in [3.05, 3.63) is 87.8 Å². The SMILES string of the molecule is Cc1cc(N)c2sc(C(=O)NC3CCCNC3)c3c2c1C(N)(c1ccc(Oc2ccccc2)cc1)C(=O)C3N. The molecule has 1 aliphatic heterocycles. The molecule has 2 aliphatic rings. The summed E-state index contributed by atoms with van der Waals surface area (Å²) < 4.78 is 6.65. The van der Waals surface area contributed by atoms with Crippen LogP contribution in [0.25, 0.3) is 10.1 Å². The van der Waals surface area contributed by atoms with Crippen LogP contribution in [0, 0.1) is 6.92 Å². The number of carbonyl (C=O) groups is 2. The van der Waals surface area contributed by atoms with Crippen LogP contribution >= 0.6 is 11.3 Å². The molecule has 39 heavy (non-hydrogen) atoms. The van der Waals surface area contributed by atoms with Crippen LogP contribution in [0.1, 0.15) is 50.8 Å². The van der Waals surface area contributed by atoms with Crippen LogP contribution < -0.4 is 32.6 Å². The number of para-hydroxylation sites is 1. The zero-order valence-corrected chi connectivity index (χ0v) is 22.4. The van der Waals surface area contributed by atoms with E-state index < -0.39 is 11.6 Å². The zero-order valence-electron chi connectivity index (χ0n) is 21.6. The van der Waals surface area contributed by atoms with E-state index in [0.717, 1.165) is 29.6 Å². The molecule has 3 unspecified atom stereocenters. The first-order chi connectivity index (χ1) is 18.8. The minimum absolute atomic E-state index is 0.0166. The average molecular weight is 542 g/mol. The highest BCUT2D eigenvalue weighted by Crippen LogP contribution is 2.50. The lowest BCUT2D eigenvalue weighted by molar-refractivity contribution is -0.124. The number of nitrogens with one attached hydrogen (secondary N) is 2. The largest absolute Gasteiger partial charge is 0.457 e. The van der Waals surface area contributed by atoms with Crippen molar-refractivity contribution in [1.82, 2.24) is 10.6 Å². The van der Waals surface area contributed by atoms with Crippen LogP contribution in [0.5, 0.6) is 11.5 Å². The summed E-state index contributed by atoms with van der Waals surface area (Å²) >= 11 is 1.27. The molecule has 2 heterocycles. The van der Waals surface area contributed by atoms with Crippen molar-refractivity contribution in [3.8, 4) is 11.5 Å². The molecule has 9 heteroatoms. The summed E-state index contributed by atoms with van der Waals surface area (Å²) in [5.74, 6) is 0.718. The molecular formula is C30H31N5O3S. The Bertz CT molecular complexity index is 1580. The smallest absolute Gasteiger partial charge is 0.262 e. The van der Waals surface area contributed by atoms with Crippen LogP contribution in [0.3, 0.4) is 0 Å². The number of nitrogens with two attached hydrogens (primary N) is 3. The number of ketones is 1. The van der Waals surface area contributed by atoms with Crippen LogP contribution in [0.15, 0.2) is 60.7 Å². The number of rotatable bonds is 5. The molecule has 0 saturated carbocycles. The quantitative estimate of drug-likeness (QED) is 0.241. The van der Waals surface area contributed by atoms with E-state index in [2.05, 4.69) is 10.6 Å². The molecule has 4 aromatic rings. The van der Waals surface area contributed by atoms with Gasteiger partial charge in [0, 0.05) is 29.2 Å². The van der Waals surface area contributed by atoms with Gasteiger partial charge in [-0.05, 0) is 73.3 Å². The van der Waals surface area contributed by atoms with E-state index in [1.165, 1.54) is 11.3 Å². The standard InChI is InChI=1S/C30H31N5O3S/c1-16-14-21(31)26-22-23(27(39-26)29(37)35-18-6-5-13-34-15-18)25(32)28(36)30(33,24(16)22)17-9-11-20(12-10-17)38-19-7-3-2-4-8-19/h2-4,7-12,14,18,25,34H,5-6,13,15,31-33H2,1H3,(H,35,37). The average Bonchev–Trinajstić information content (AvgIpc) is 3.34. The van der Waals surface area contributed by atoms with Gasteiger partial charge >= 0.3 is 0 Å². The maximum Gasteiger partial charge on any atom is 0.262 e. The summed E-state index contributed by atoms with van der Waals surface area (Å²) in [6.45, 7) is 3.54. The van der Waals surface area contributed by atoms with Gasteiger partial charge < -0.3 is 32.6 Å². The summed E-state index contributed by atoms with van der Waals surface area (Å²) in [7, 11) is 0. The van der Waals surface area contributed by atoms with Gasteiger partial charge in [-0.1, -0.05) is 30.3 Å². The van der Waals surface area contributed by atoms with E-state index in [0.29, 0.717) is 50.7 Å². The molecule has 0 bridgehead atoms. The maximum atomic E-state index is 14.1. The number of thiophene rings is 1.